The van der Waals surface area contributed by atoms with E-state index in [9.17, 15) is 4.79 Å². The van der Waals surface area contributed by atoms with Crippen molar-refractivity contribution < 1.29 is 9.32 Å². The number of nitrogens with one attached hydrogen (secondary N) is 2. The molecule has 2 aromatic carbocycles. The van der Waals surface area contributed by atoms with E-state index in [4.69, 9.17) is 4.52 Å². The molecule has 0 radical (unpaired) electrons. The van der Waals surface area contributed by atoms with Crippen molar-refractivity contribution in [1.29, 1.82) is 0 Å². The highest BCUT2D eigenvalue weighted by Gasteiger charge is 2.54. The highest BCUT2D eigenvalue weighted by atomic mass is 16.5. The molecular formula is C28H32N4O2. The quantitative estimate of drug-likeness (QED) is 0.610. The number of nitrogens with zero attached hydrogens (tertiary/aromatic N) is 2. The fourth-order valence-corrected chi connectivity index (χ4v) is 6.74. The van der Waals surface area contributed by atoms with Crippen LogP contribution in [0.2, 0.25) is 0 Å². The summed E-state index contributed by atoms with van der Waals surface area (Å²) in [5, 5.41) is 11.1. The Morgan fingerprint density at radius 2 is 1.91 bits per heavy atom. The molecule has 34 heavy (non-hydrogen) atoms. The maximum Gasteiger partial charge on any atom is 0.252 e. The molecule has 2 bridgehead atoms. The second-order valence-corrected chi connectivity index (χ2v) is 10.8. The van der Waals surface area contributed by atoms with E-state index in [1.54, 1.807) is 0 Å². The van der Waals surface area contributed by atoms with E-state index in [0.29, 0.717) is 23.7 Å². The first-order chi connectivity index (χ1) is 16.5. The van der Waals surface area contributed by atoms with Gasteiger partial charge >= 0.3 is 0 Å². The van der Waals surface area contributed by atoms with Gasteiger partial charge in [-0.05, 0) is 69.5 Å². The number of benzene rings is 2. The van der Waals surface area contributed by atoms with Crippen LogP contribution in [0, 0.1) is 11.8 Å². The minimum atomic E-state index is -0.737. The summed E-state index contributed by atoms with van der Waals surface area (Å²) < 4.78 is 5.57. The van der Waals surface area contributed by atoms with Crippen molar-refractivity contribution in [1.82, 2.24) is 20.8 Å². The number of carbonyl (C=O) groups is 1. The number of aromatic nitrogens is 2. The van der Waals surface area contributed by atoms with Crippen LogP contribution in [0.5, 0.6) is 0 Å². The van der Waals surface area contributed by atoms with E-state index in [1.807, 2.05) is 44.2 Å². The Labute approximate surface area is 200 Å². The minimum Gasteiger partial charge on any atom is -0.342 e. The van der Waals surface area contributed by atoms with Gasteiger partial charge in [0.05, 0.1) is 0 Å². The van der Waals surface area contributed by atoms with Crippen LogP contribution in [0.3, 0.4) is 0 Å². The van der Waals surface area contributed by atoms with Crippen molar-refractivity contribution >= 4 is 5.91 Å². The first-order valence-corrected chi connectivity index (χ1v) is 12.5. The molecule has 1 amide bonds. The Kier molecular flexibility index (Phi) is 5.10. The third-order valence-corrected chi connectivity index (χ3v) is 8.44. The number of hydrogen-bond donors (Lipinski definition) is 2. The Hall–Kier alpha value is -2.99. The highest BCUT2D eigenvalue weighted by Crippen LogP contribution is 2.55. The predicted octanol–water partition coefficient (Wildman–Crippen LogP) is 4.36. The fraction of sp³-hybridized carbons (Fsp3) is 0.464. The Bertz CT molecular complexity index is 1200. The van der Waals surface area contributed by atoms with E-state index >= 15 is 0 Å². The van der Waals surface area contributed by atoms with Crippen molar-refractivity contribution in [3.8, 4) is 11.4 Å². The predicted molar refractivity (Wildman–Crippen MR) is 130 cm³/mol. The third-order valence-electron chi connectivity index (χ3n) is 8.44. The smallest absolute Gasteiger partial charge is 0.252 e. The number of rotatable bonds is 4. The van der Waals surface area contributed by atoms with Gasteiger partial charge in [0.25, 0.3) is 5.89 Å². The molecule has 6 nitrogen and oxygen atoms in total. The number of fused-ring (bicyclic) bond motifs is 1. The topological polar surface area (TPSA) is 80.0 Å². The maximum absolute atomic E-state index is 13.5. The minimum absolute atomic E-state index is 0.00146. The van der Waals surface area contributed by atoms with E-state index in [-0.39, 0.29) is 17.2 Å². The van der Waals surface area contributed by atoms with Gasteiger partial charge < -0.3 is 15.2 Å². The molecule has 2 N–H and O–H groups in total. The zero-order valence-electron chi connectivity index (χ0n) is 19.9. The number of piperidine rings is 1. The molecule has 1 saturated carbocycles. The van der Waals surface area contributed by atoms with Crippen LogP contribution < -0.4 is 10.6 Å². The summed E-state index contributed by atoms with van der Waals surface area (Å²) >= 11 is 0. The molecule has 1 aromatic heterocycles. The van der Waals surface area contributed by atoms with Gasteiger partial charge in [-0.25, -0.2) is 0 Å². The van der Waals surface area contributed by atoms with Crippen molar-refractivity contribution in [2.24, 2.45) is 11.8 Å². The summed E-state index contributed by atoms with van der Waals surface area (Å²) in [4.78, 5) is 18.1. The lowest BCUT2D eigenvalue weighted by Crippen LogP contribution is -2.61. The summed E-state index contributed by atoms with van der Waals surface area (Å²) in [6.07, 6.45) is 5.14. The first-order valence-electron chi connectivity index (χ1n) is 12.5. The van der Waals surface area contributed by atoms with Crippen LogP contribution in [0.1, 0.15) is 56.5 Å². The Balaban J connectivity index is 1.19. The average molecular weight is 457 g/mol. The number of hydrogen-bond acceptors (Lipinski definition) is 5. The van der Waals surface area contributed by atoms with Crippen LogP contribution in [0.15, 0.2) is 59.1 Å². The molecule has 3 aromatic rings. The molecular weight excluding hydrogens is 424 g/mol. The van der Waals surface area contributed by atoms with Crippen molar-refractivity contribution in [3.63, 3.8) is 0 Å². The SMILES string of the molecule is CC(C)(NC(=O)C1CC[C@]23CCN[C@H](Cc4ccccc42)[C@@H]3C1)c1nc(-c2ccccc2)no1. The molecule has 2 fully saturated rings. The lowest BCUT2D eigenvalue weighted by molar-refractivity contribution is -0.130. The van der Waals surface area contributed by atoms with Crippen LogP contribution >= 0.6 is 0 Å². The van der Waals surface area contributed by atoms with Crippen molar-refractivity contribution in [3.05, 3.63) is 71.6 Å². The third kappa shape index (κ3) is 3.47. The monoisotopic (exact) mass is 456 g/mol. The lowest BCUT2D eigenvalue weighted by atomic mass is 9.51. The van der Waals surface area contributed by atoms with Crippen LogP contribution in [0.4, 0.5) is 0 Å². The van der Waals surface area contributed by atoms with Gasteiger partial charge in [-0.2, -0.15) is 4.98 Å². The van der Waals surface area contributed by atoms with Gasteiger partial charge in [-0.1, -0.05) is 59.8 Å². The summed E-state index contributed by atoms with van der Waals surface area (Å²) in [6, 6.07) is 19.2. The molecule has 1 unspecified atom stereocenters. The van der Waals surface area contributed by atoms with E-state index in [2.05, 4.69) is 45.0 Å². The number of carbonyl (C=O) groups excluding carboxylic acids is 1. The largest absolute Gasteiger partial charge is 0.342 e. The lowest BCUT2D eigenvalue weighted by Gasteiger charge is -2.57. The molecule has 1 aliphatic heterocycles. The zero-order chi connectivity index (χ0) is 23.3. The van der Waals surface area contributed by atoms with E-state index in [0.717, 1.165) is 44.2 Å². The second-order valence-electron chi connectivity index (χ2n) is 10.8. The second kappa shape index (κ2) is 8.05. The van der Waals surface area contributed by atoms with Gasteiger partial charge in [0, 0.05) is 22.9 Å². The van der Waals surface area contributed by atoms with E-state index in [1.165, 1.54) is 11.1 Å². The summed E-state index contributed by atoms with van der Waals surface area (Å²) in [6.45, 7) is 4.94. The molecule has 2 heterocycles. The molecule has 6 heteroatoms. The first kappa shape index (κ1) is 21.5. The van der Waals surface area contributed by atoms with Gasteiger partial charge in [-0.15, -0.1) is 0 Å². The van der Waals surface area contributed by atoms with Gasteiger partial charge in [0.15, 0.2) is 0 Å². The summed E-state index contributed by atoms with van der Waals surface area (Å²) in [5.74, 6) is 1.56. The number of amides is 1. The highest BCUT2D eigenvalue weighted by molar-refractivity contribution is 5.79. The van der Waals surface area contributed by atoms with Gasteiger partial charge in [-0.3, -0.25) is 4.79 Å². The maximum atomic E-state index is 13.5. The Morgan fingerprint density at radius 1 is 1.12 bits per heavy atom. The normalized spacial score (nSPS) is 28.0. The van der Waals surface area contributed by atoms with Crippen LogP contribution in [0.25, 0.3) is 11.4 Å². The van der Waals surface area contributed by atoms with Crippen molar-refractivity contribution in [2.75, 3.05) is 6.54 Å². The van der Waals surface area contributed by atoms with Gasteiger partial charge in [0.2, 0.25) is 11.7 Å². The molecule has 6 rings (SSSR count). The van der Waals surface area contributed by atoms with Crippen LogP contribution in [-0.2, 0) is 22.2 Å². The summed E-state index contributed by atoms with van der Waals surface area (Å²) in [5.41, 5.74) is 3.41. The fourth-order valence-electron chi connectivity index (χ4n) is 6.74. The van der Waals surface area contributed by atoms with E-state index < -0.39 is 5.54 Å². The molecule has 1 saturated heterocycles. The molecule has 4 atom stereocenters. The zero-order valence-corrected chi connectivity index (χ0v) is 19.9. The van der Waals surface area contributed by atoms with Crippen LogP contribution in [-0.4, -0.2) is 28.6 Å². The van der Waals surface area contributed by atoms with Gasteiger partial charge in [0.1, 0.15) is 5.54 Å². The molecule has 0 spiro atoms. The van der Waals surface area contributed by atoms with Crippen molar-refractivity contribution in [2.45, 2.75) is 62.9 Å². The Morgan fingerprint density at radius 3 is 2.76 bits per heavy atom. The average Bonchev–Trinajstić information content (AvgIpc) is 3.36. The summed E-state index contributed by atoms with van der Waals surface area (Å²) in [7, 11) is 0. The standard InChI is InChI=1S/C28H32N4O2/c1-27(2,26-30-24(32-34-26)18-8-4-3-5-9-18)31-25(33)20-12-13-28-14-15-29-23(22(28)16-20)17-19-10-6-7-11-21(19)28/h3-11,20,22-23,29H,12-17H2,1-2H3,(H,31,33)/t20?,22-,23+,28-/m0/s1. The molecule has 3 aliphatic rings. The molecule has 176 valence electrons. The molecule has 2 aliphatic carbocycles.